The molecule has 1 fully saturated rings. The second-order valence-corrected chi connectivity index (χ2v) is 3.85. The second-order valence-electron chi connectivity index (χ2n) is 3.85. The predicted octanol–water partition coefficient (Wildman–Crippen LogP) is 0.478. The summed E-state index contributed by atoms with van der Waals surface area (Å²) in [5.74, 6) is 0.378. The molecule has 2 rings (SSSR count). The average molecular weight is 206 g/mol. The Kier molecular flexibility index (Phi) is 2.60. The third-order valence-corrected chi connectivity index (χ3v) is 2.47. The predicted molar refractivity (Wildman–Crippen MR) is 56.9 cm³/mol. The van der Waals surface area contributed by atoms with Gasteiger partial charge in [0.05, 0.1) is 0 Å². The molecule has 1 aromatic rings. The Bertz CT molecular complexity index is 355. The highest BCUT2D eigenvalue weighted by Crippen LogP contribution is 2.17. The van der Waals surface area contributed by atoms with Crippen LogP contribution >= 0.6 is 0 Å². The molecule has 0 atom stereocenters. The van der Waals surface area contributed by atoms with Crippen molar-refractivity contribution in [2.45, 2.75) is 6.10 Å². The topological polar surface area (TPSA) is 55.6 Å². The largest absolute Gasteiger partial charge is 0.488 e. The van der Waals surface area contributed by atoms with Crippen LogP contribution in [-0.4, -0.2) is 37.0 Å². The van der Waals surface area contributed by atoms with Gasteiger partial charge in [-0.05, 0) is 31.3 Å². The highest BCUT2D eigenvalue weighted by Gasteiger charge is 2.24. The number of carbonyl (C=O) groups excluding carboxylic acids is 1. The maximum atomic E-state index is 10.8. The summed E-state index contributed by atoms with van der Waals surface area (Å²) in [7, 11) is 2.05. The lowest BCUT2D eigenvalue weighted by Crippen LogP contribution is -2.51. The molecule has 0 saturated carbocycles. The van der Waals surface area contributed by atoms with Crippen molar-refractivity contribution in [3.8, 4) is 5.75 Å². The van der Waals surface area contributed by atoms with Gasteiger partial charge in [0.15, 0.2) is 0 Å². The molecule has 1 saturated heterocycles. The van der Waals surface area contributed by atoms with Gasteiger partial charge < -0.3 is 10.5 Å². The second kappa shape index (κ2) is 3.90. The number of nitrogens with two attached hydrogens (primary N) is 1. The molecule has 0 radical (unpaired) electrons. The molecular weight excluding hydrogens is 192 g/mol. The minimum atomic E-state index is -0.412. The molecule has 0 spiro atoms. The van der Waals surface area contributed by atoms with Crippen LogP contribution in [-0.2, 0) is 0 Å². The Morgan fingerprint density at radius 1 is 1.40 bits per heavy atom. The third-order valence-electron chi connectivity index (χ3n) is 2.47. The standard InChI is InChI=1S/C11H14N2O2/c1-13-6-10(7-13)15-9-4-2-8(3-5-9)11(12)14/h2-5,10H,6-7H2,1H3,(H2,12,14). The first-order valence-corrected chi connectivity index (χ1v) is 4.90. The number of likely N-dealkylation sites (tertiary alicyclic amines) is 1. The van der Waals surface area contributed by atoms with Crippen LogP contribution < -0.4 is 10.5 Å². The van der Waals surface area contributed by atoms with Crippen molar-refractivity contribution >= 4 is 5.91 Å². The minimum Gasteiger partial charge on any atom is -0.488 e. The molecule has 0 bridgehead atoms. The van der Waals surface area contributed by atoms with Crippen molar-refractivity contribution in [1.29, 1.82) is 0 Å². The number of amides is 1. The summed E-state index contributed by atoms with van der Waals surface area (Å²) in [4.78, 5) is 13.0. The Balaban J connectivity index is 1.95. The highest BCUT2D eigenvalue weighted by molar-refractivity contribution is 5.92. The Morgan fingerprint density at radius 3 is 2.47 bits per heavy atom. The van der Waals surface area contributed by atoms with E-state index in [0.717, 1.165) is 18.8 Å². The maximum absolute atomic E-state index is 10.8. The van der Waals surface area contributed by atoms with Gasteiger partial charge in [0, 0.05) is 18.7 Å². The number of hydrogen-bond donors (Lipinski definition) is 1. The van der Waals surface area contributed by atoms with Crippen molar-refractivity contribution in [3.05, 3.63) is 29.8 Å². The number of carbonyl (C=O) groups is 1. The van der Waals surface area contributed by atoms with Crippen LogP contribution in [0.2, 0.25) is 0 Å². The number of rotatable bonds is 3. The Hall–Kier alpha value is -1.55. The van der Waals surface area contributed by atoms with Crippen molar-refractivity contribution in [3.63, 3.8) is 0 Å². The van der Waals surface area contributed by atoms with E-state index in [-0.39, 0.29) is 6.10 Å². The smallest absolute Gasteiger partial charge is 0.248 e. The summed E-state index contributed by atoms with van der Waals surface area (Å²) >= 11 is 0. The molecule has 0 aliphatic carbocycles. The number of hydrogen-bond acceptors (Lipinski definition) is 3. The Labute approximate surface area is 88.6 Å². The van der Waals surface area contributed by atoms with Gasteiger partial charge in [-0.15, -0.1) is 0 Å². The van der Waals surface area contributed by atoms with E-state index >= 15 is 0 Å². The molecular formula is C11H14N2O2. The summed E-state index contributed by atoms with van der Waals surface area (Å²) in [5.41, 5.74) is 5.64. The van der Waals surface area contributed by atoms with E-state index < -0.39 is 5.91 Å². The van der Waals surface area contributed by atoms with E-state index in [0.29, 0.717) is 5.56 Å². The minimum absolute atomic E-state index is 0.273. The van der Waals surface area contributed by atoms with Crippen LogP contribution in [0.25, 0.3) is 0 Å². The van der Waals surface area contributed by atoms with E-state index in [1.54, 1.807) is 24.3 Å². The van der Waals surface area contributed by atoms with E-state index in [1.807, 2.05) is 0 Å². The molecule has 4 nitrogen and oxygen atoms in total. The van der Waals surface area contributed by atoms with E-state index in [1.165, 1.54) is 0 Å². The summed E-state index contributed by atoms with van der Waals surface area (Å²) in [5, 5.41) is 0. The van der Waals surface area contributed by atoms with Crippen LogP contribution in [0.15, 0.2) is 24.3 Å². The van der Waals surface area contributed by atoms with Gasteiger partial charge in [-0.1, -0.05) is 0 Å². The monoisotopic (exact) mass is 206 g/mol. The SMILES string of the molecule is CN1CC(Oc2ccc(C(N)=O)cc2)C1. The number of ether oxygens (including phenoxy) is 1. The summed E-state index contributed by atoms with van der Waals surface area (Å²) in [6.45, 7) is 1.91. The zero-order valence-corrected chi connectivity index (χ0v) is 8.64. The van der Waals surface area contributed by atoms with Crippen molar-refractivity contribution in [2.24, 2.45) is 5.73 Å². The van der Waals surface area contributed by atoms with E-state index in [4.69, 9.17) is 10.5 Å². The van der Waals surface area contributed by atoms with Crippen LogP contribution in [0.5, 0.6) is 5.75 Å². The number of likely N-dealkylation sites (N-methyl/N-ethyl adjacent to an activating group) is 1. The Morgan fingerprint density at radius 2 is 2.00 bits per heavy atom. The average Bonchev–Trinajstić information content (AvgIpc) is 2.16. The molecule has 0 aromatic heterocycles. The van der Waals surface area contributed by atoms with Gasteiger partial charge in [-0.3, -0.25) is 9.69 Å². The first-order chi connectivity index (χ1) is 7.15. The van der Waals surface area contributed by atoms with Gasteiger partial charge in [-0.2, -0.15) is 0 Å². The third kappa shape index (κ3) is 2.27. The van der Waals surface area contributed by atoms with Crippen LogP contribution in [0.4, 0.5) is 0 Å². The van der Waals surface area contributed by atoms with Gasteiger partial charge in [0.1, 0.15) is 11.9 Å². The van der Waals surface area contributed by atoms with Gasteiger partial charge in [0.2, 0.25) is 5.91 Å². The quantitative estimate of drug-likeness (QED) is 0.782. The van der Waals surface area contributed by atoms with Crippen molar-refractivity contribution in [1.82, 2.24) is 4.90 Å². The zero-order chi connectivity index (χ0) is 10.8. The van der Waals surface area contributed by atoms with Crippen LogP contribution in [0.3, 0.4) is 0 Å². The lowest BCUT2D eigenvalue weighted by Gasteiger charge is -2.35. The molecule has 15 heavy (non-hydrogen) atoms. The molecule has 2 N–H and O–H groups in total. The zero-order valence-electron chi connectivity index (χ0n) is 8.64. The lowest BCUT2D eigenvalue weighted by atomic mass is 10.2. The van der Waals surface area contributed by atoms with Gasteiger partial charge in [-0.25, -0.2) is 0 Å². The van der Waals surface area contributed by atoms with Gasteiger partial charge >= 0.3 is 0 Å². The number of benzene rings is 1. The van der Waals surface area contributed by atoms with Crippen LogP contribution in [0.1, 0.15) is 10.4 Å². The molecule has 80 valence electrons. The first-order valence-electron chi connectivity index (χ1n) is 4.90. The van der Waals surface area contributed by atoms with Crippen LogP contribution in [0, 0.1) is 0 Å². The highest BCUT2D eigenvalue weighted by atomic mass is 16.5. The number of primary amides is 1. The van der Waals surface area contributed by atoms with Crippen molar-refractivity contribution in [2.75, 3.05) is 20.1 Å². The number of nitrogens with zero attached hydrogens (tertiary/aromatic N) is 1. The lowest BCUT2D eigenvalue weighted by molar-refractivity contribution is 0.0388. The van der Waals surface area contributed by atoms with Crippen molar-refractivity contribution < 1.29 is 9.53 Å². The molecule has 0 unspecified atom stereocenters. The fourth-order valence-electron chi connectivity index (χ4n) is 1.61. The summed E-state index contributed by atoms with van der Waals surface area (Å²) < 4.78 is 5.66. The van der Waals surface area contributed by atoms with E-state index in [9.17, 15) is 4.79 Å². The van der Waals surface area contributed by atoms with Gasteiger partial charge in [0.25, 0.3) is 0 Å². The summed E-state index contributed by atoms with van der Waals surface area (Å²) in [6, 6.07) is 6.91. The molecule has 4 heteroatoms. The molecule has 1 aromatic carbocycles. The summed E-state index contributed by atoms with van der Waals surface area (Å²) in [6.07, 6.45) is 0.273. The molecule has 1 heterocycles. The molecule has 1 aliphatic rings. The first kappa shape index (κ1) is 9.98. The molecule has 1 amide bonds. The fraction of sp³-hybridized carbons (Fsp3) is 0.364. The normalized spacial score (nSPS) is 17.1. The maximum Gasteiger partial charge on any atom is 0.248 e. The molecule has 1 aliphatic heterocycles. The fourth-order valence-corrected chi connectivity index (χ4v) is 1.61. The van der Waals surface area contributed by atoms with E-state index in [2.05, 4.69) is 11.9 Å².